The van der Waals surface area contributed by atoms with Gasteiger partial charge in [-0.2, -0.15) is 0 Å². The van der Waals surface area contributed by atoms with Crippen LogP contribution in [0.25, 0.3) is 33.2 Å². The second-order valence-corrected chi connectivity index (χ2v) is 6.74. The van der Waals surface area contributed by atoms with Crippen molar-refractivity contribution in [2.75, 3.05) is 0 Å². The van der Waals surface area contributed by atoms with Gasteiger partial charge in [0.05, 0.1) is 11.9 Å². The molecule has 0 aliphatic rings. The van der Waals surface area contributed by atoms with Crippen LogP contribution in [0.5, 0.6) is 0 Å². The number of aromatic nitrogens is 1. The topological polar surface area (TPSA) is 26.0 Å². The second-order valence-electron chi connectivity index (χ2n) is 6.74. The van der Waals surface area contributed by atoms with Crippen LogP contribution in [0.1, 0.15) is 25.3 Å². The van der Waals surface area contributed by atoms with E-state index in [1.807, 2.05) is 73.7 Å². The van der Waals surface area contributed by atoms with E-state index >= 15 is 0 Å². The van der Waals surface area contributed by atoms with Crippen molar-refractivity contribution in [3.05, 3.63) is 102 Å². The van der Waals surface area contributed by atoms with Crippen LogP contribution in [0, 0.1) is 0 Å². The molecule has 2 nitrogen and oxygen atoms in total. The number of pyridine rings is 1. The summed E-state index contributed by atoms with van der Waals surface area (Å²) in [6.45, 7) is 1.93. The predicted molar refractivity (Wildman–Crippen MR) is 111 cm³/mol. The summed E-state index contributed by atoms with van der Waals surface area (Å²) in [5, 5.41) is 2.15. The number of hydrogen-bond donors (Lipinski definition) is 0. The van der Waals surface area contributed by atoms with Crippen LogP contribution >= 0.6 is 0 Å². The molecule has 0 fully saturated rings. The fourth-order valence-electron chi connectivity index (χ4n) is 3.56. The molecule has 5 rings (SSSR count). The third kappa shape index (κ3) is 2.80. The van der Waals surface area contributed by atoms with E-state index in [0.29, 0.717) is 0 Å². The lowest BCUT2D eigenvalue weighted by Crippen LogP contribution is -1.96. The van der Waals surface area contributed by atoms with Crippen LogP contribution in [0.2, 0.25) is 0 Å². The number of nitrogens with zero attached hydrogens (tertiary/aromatic N) is 1. The Kier molecular flexibility index (Phi) is 3.50. The Morgan fingerprint density at radius 2 is 1.56 bits per heavy atom. The lowest BCUT2D eigenvalue weighted by atomic mass is 9.91. The highest BCUT2D eigenvalue weighted by molar-refractivity contribution is 6.05. The Morgan fingerprint density at radius 1 is 0.778 bits per heavy atom. The first-order chi connectivity index (χ1) is 13.6. The van der Waals surface area contributed by atoms with E-state index in [9.17, 15) is 0 Å². The van der Waals surface area contributed by atoms with Gasteiger partial charge in [-0.25, -0.2) is 0 Å². The first-order valence-electron chi connectivity index (χ1n) is 9.57. The molecule has 2 heteroatoms. The maximum atomic E-state index is 8.95. The van der Waals surface area contributed by atoms with Crippen molar-refractivity contribution in [1.29, 1.82) is 0 Å². The van der Waals surface area contributed by atoms with E-state index in [2.05, 4.69) is 23.2 Å². The molecule has 0 spiro atoms. The average Bonchev–Trinajstić information content (AvgIpc) is 3.12. The van der Waals surface area contributed by atoms with Crippen LogP contribution in [-0.4, -0.2) is 4.98 Å². The summed E-state index contributed by atoms with van der Waals surface area (Å²) in [4.78, 5) is 4.61. The van der Waals surface area contributed by atoms with Crippen LogP contribution in [0.4, 0.5) is 0 Å². The number of benzene rings is 3. The summed E-state index contributed by atoms with van der Waals surface area (Å²) in [7, 11) is 0. The van der Waals surface area contributed by atoms with E-state index < -0.39 is 5.89 Å². The number of fused-ring (bicyclic) bond motifs is 3. The van der Waals surface area contributed by atoms with Gasteiger partial charge >= 0.3 is 0 Å². The fraction of sp³-hybridized carbons (Fsp3) is 0.0800. The first kappa shape index (κ1) is 14.7. The average molecular weight is 350 g/mol. The fourth-order valence-corrected chi connectivity index (χ4v) is 3.56. The third-order valence-electron chi connectivity index (χ3n) is 5.06. The normalized spacial score (nSPS) is 14.2. The Balaban J connectivity index is 1.62. The molecule has 130 valence electrons. The largest absolute Gasteiger partial charge is 0.454 e. The smallest absolute Gasteiger partial charge is 0.153 e. The molecule has 0 bridgehead atoms. The van der Waals surface area contributed by atoms with E-state index in [1.54, 1.807) is 6.20 Å². The van der Waals surface area contributed by atoms with Crippen molar-refractivity contribution >= 4 is 21.9 Å². The van der Waals surface area contributed by atoms with Crippen molar-refractivity contribution in [1.82, 2.24) is 4.98 Å². The zero-order valence-corrected chi connectivity index (χ0v) is 15.0. The molecule has 0 aliphatic carbocycles. The van der Waals surface area contributed by atoms with Gasteiger partial charge in [0.15, 0.2) is 5.58 Å². The van der Waals surface area contributed by atoms with Crippen molar-refractivity contribution in [3.8, 4) is 11.3 Å². The van der Waals surface area contributed by atoms with Gasteiger partial charge in [-0.05, 0) is 29.3 Å². The molecular weight excluding hydrogens is 330 g/mol. The zero-order valence-electron chi connectivity index (χ0n) is 16.0. The molecule has 0 amide bonds. The number of furan rings is 1. The Morgan fingerprint density at radius 3 is 2.44 bits per heavy atom. The lowest BCUT2D eigenvalue weighted by molar-refractivity contribution is 0.667. The number of rotatable bonds is 3. The van der Waals surface area contributed by atoms with Crippen LogP contribution in [-0.2, 0) is 0 Å². The summed E-state index contributed by atoms with van der Waals surface area (Å²) in [5.41, 5.74) is 5.44. The summed E-state index contributed by atoms with van der Waals surface area (Å²) < 4.78 is 14.8. The Hall–Kier alpha value is -3.39. The van der Waals surface area contributed by atoms with Crippen molar-refractivity contribution in [2.45, 2.75) is 12.8 Å². The van der Waals surface area contributed by atoms with Crippen molar-refractivity contribution < 1.29 is 5.79 Å². The third-order valence-corrected chi connectivity index (χ3v) is 5.06. The SMILES string of the molecule is [2H]C(C)(c1ccccc1)c1cccc(-c2cc3c(cn2)oc2ccccc23)c1. The van der Waals surface area contributed by atoms with Crippen LogP contribution in [0.15, 0.2) is 95.5 Å². The highest BCUT2D eigenvalue weighted by atomic mass is 16.3. The minimum absolute atomic E-state index is 0.788. The Bertz CT molecular complexity index is 1290. The highest BCUT2D eigenvalue weighted by Crippen LogP contribution is 2.32. The zero-order chi connectivity index (χ0) is 19.1. The molecule has 0 saturated carbocycles. The monoisotopic (exact) mass is 350 g/mol. The van der Waals surface area contributed by atoms with E-state index in [0.717, 1.165) is 44.3 Å². The molecular formula is C25H19NO. The second kappa shape index (κ2) is 6.40. The molecule has 0 N–H and O–H groups in total. The van der Waals surface area contributed by atoms with Gasteiger partial charge in [0.2, 0.25) is 0 Å². The first-order valence-corrected chi connectivity index (χ1v) is 9.07. The number of para-hydroxylation sites is 1. The van der Waals surface area contributed by atoms with E-state index in [1.165, 1.54) is 0 Å². The molecule has 1 atom stereocenters. The summed E-state index contributed by atoms with van der Waals surface area (Å²) in [5.74, 6) is -0.830. The van der Waals surface area contributed by atoms with Gasteiger partial charge < -0.3 is 4.42 Å². The Labute approximate surface area is 159 Å². The highest BCUT2D eigenvalue weighted by Gasteiger charge is 2.12. The van der Waals surface area contributed by atoms with Crippen molar-refractivity contribution in [3.63, 3.8) is 0 Å². The van der Waals surface area contributed by atoms with Crippen molar-refractivity contribution in [2.24, 2.45) is 0 Å². The van der Waals surface area contributed by atoms with Gasteiger partial charge in [0.1, 0.15) is 5.58 Å². The molecule has 5 aromatic rings. The summed E-state index contributed by atoms with van der Waals surface area (Å²) in [6, 6.07) is 28.2. The molecule has 0 radical (unpaired) electrons. The van der Waals surface area contributed by atoms with Gasteiger partial charge in [-0.3, -0.25) is 4.98 Å². The molecule has 27 heavy (non-hydrogen) atoms. The summed E-state index contributed by atoms with van der Waals surface area (Å²) in [6.07, 6.45) is 1.79. The van der Waals surface area contributed by atoms with E-state index in [4.69, 9.17) is 5.79 Å². The predicted octanol–water partition coefficient (Wildman–Crippen LogP) is 6.80. The maximum absolute atomic E-state index is 8.95. The minimum atomic E-state index is -0.830. The maximum Gasteiger partial charge on any atom is 0.153 e. The van der Waals surface area contributed by atoms with Crippen LogP contribution < -0.4 is 0 Å². The lowest BCUT2D eigenvalue weighted by Gasteiger charge is -2.13. The van der Waals surface area contributed by atoms with Crippen LogP contribution in [0.3, 0.4) is 0 Å². The quantitative estimate of drug-likeness (QED) is 0.357. The van der Waals surface area contributed by atoms with Gasteiger partial charge in [0.25, 0.3) is 0 Å². The molecule has 0 saturated heterocycles. The molecule has 1 unspecified atom stereocenters. The summed E-state index contributed by atoms with van der Waals surface area (Å²) >= 11 is 0. The van der Waals surface area contributed by atoms with Gasteiger partial charge in [-0.1, -0.05) is 73.7 Å². The standard InChI is InChI=1S/C25H19NO/c1-17(18-8-3-2-4-9-18)19-10-7-11-20(14-19)23-15-22-21-12-5-6-13-24(21)27-25(22)16-26-23/h2-17H,1H3/i17D. The molecule has 2 aromatic heterocycles. The van der Waals surface area contributed by atoms with Gasteiger partial charge in [0, 0.05) is 23.6 Å². The molecule has 2 heterocycles. The van der Waals surface area contributed by atoms with Gasteiger partial charge in [-0.15, -0.1) is 0 Å². The minimum Gasteiger partial charge on any atom is -0.454 e. The molecule has 0 aliphatic heterocycles. The number of hydrogen-bond acceptors (Lipinski definition) is 2. The molecule has 3 aromatic carbocycles. The van der Waals surface area contributed by atoms with E-state index in [-0.39, 0.29) is 0 Å².